The Kier molecular flexibility index (Phi) is 3.16. The molecular formula is C19H15NOS. The summed E-state index contributed by atoms with van der Waals surface area (Å²) in [6, 6.07) is 14.1. The molecule has 0 bridgehead atoms. The average Bonchev–Trinajstić information content (AvgIpc) is 3.10. The molecule has 3 heteroatoms. The Balaban J connectivity index is 1.81. The van der Waals surface area contributed by atoms with Gasteiger partial charge in [0, 0.05) is 33.1 Å². The van der Waals surface area contributed by atoms with Crippen LogP contribution >= 0.6 is 11.8 Å². The number of aromatic amines is 1. The van der Waals surface area contributed by atoms with Crippen LogP contribution in [0.25, 0.3) is 17.0 Å². The van der Waals surface area contributed by atoms with E-state index in [1.807, 2.05) is 36.5 Å². The van der Waals surface area contributed by atoms with E-state index in [1.165, 1.54) is 16.5 Å². The summed E-state index contributed by atoms with van der Waals surface area (Å²) in [5.74, 6) is 0.126. The topological polar surface area (TPSA) is 32.9 Å². The molecule has 1 aliphatic heterocycles. The fourth-order valence-corrected chi connectivity index (χ4v) is 3.97. The lowest BCUT2D eigenvalue weighted by atomic mass is 10.1. The molecule has 2 nitrogen and oxygen atoms in total. The van der Waals surface area contributed by atoms with Crippen LogP contribution in [0.2, 0.25) is 0 Å². The van der Waals surface area contributed by atoms with Gasteiger partial charge in [-0.3, -0.25) is 4.79 Å². The molecule has 0 fully saturated rings. The first-order chi connectivity index (χ1) is 10.8. The number of allylic oxidation sites excluding steroid dienone is 1. The third-order valence-electron chi connectivity index (χ3n) is 4.08. The van der Waals surface area contributed by atoms with E-state index >= 15 is 0 Å². The SMILES string of the molecule is CCc1cccc2c(/C=C3\Sc4ccccc4C3=O)c[nH]c12. The Morgan fingerprint density at radius 2 is 2.00 bits per heavy atom. The number of carbonyl (C=O) groups excluding carboxylic acids is 1. The van der Waals surface area contributed by atoms with Gasteiger partial charge in [0.05, 0.1) is 4.91 Å². The number of para-hydroxylation sites is 1. The van der Waals surface area contributed by atoms with Crippen molar-refractivity contribution in [1.82, 2.24) is 4.98 Å². The Hall–Kier alpha value is -2.26. The van der Waals surface area contributed by atoms with Gasteiger partial charge in [-0.2, -0.15) is 0 Å². The molecule has 1 aromatic heterocycles. The van der Waals surface area contributed by atoms with Crippen LogP contribution in [0.3, 0.4) is 0 Å². The van der Waals surface area contributed by atoms with Gasteiger partial charge in [0.1, 0.15) is 0 Å². The molecule has 0 radical (unpaired) electrons. The largest absolute Gasteiger partial charge is 0.360 e. The van der Waals surface area contributed by atoms with Crippen molar-refractivity contribution in [2.45, 2.75) is 18.2 Å². The van der Waals surface area contributed by atoms with Crippen molar-refractivity contribution < 1.29 is 4.79 Å². The summed E-state index contributed by atoms with van der Waals surface area (Å²) in [6.07, 6.45) is 4.99. The lowest BCUT2D eigenvalue weighted by Gasteiger charge is -1.99. The number of aromatic nitrogens is 1. The van der Waals surface area contributed by atoms with Gasteiger partial charge in [-0.15, -0.1) is 0 Å². The maximum atomic E-state index is 12.5. The Labute approximate surface area is 133 Å². The predicted molar refractivity (Wildman–Crippen MR) is 92.3 cm³/mol. The van der Waals surface area contributed by atoms with Crippen molar-refractivity contribution in [3.8, 4) is 0 Å². The van der Waals surface area contributed by atoms with E-state index in [0.717, 1.165) is 27.3 Å². The third-order valence-corrected chi connectivity index (χ3v) is 5.18. The standard InChI is InChI=1S/C19H15NOS/c1-2-12-6-5-8-14-13(11-20-18(12)14)10-17-19(21)15-7-3-4-9-16(15)22-17/h3-11,20H,2H2,1H3/b17-10-. The fraction of sp³-hybridized carbons (Fsp3) is 0.105. The van der Waals surface area contributed by atoms with E-state index in [2.05, 4.69) is 30.1 Å². The molecule has 108 valence electrons. The first kappa shape index (κ1) is 13.4. The number of benzene rings is 2. The quantitative estimate of drug-likeness (QED) is 0.671. The normalized spacial score (nSPS) is 15.7. The number of fused-ring (bicyclic) bond motifs is 2. The summed E-state index contributed by atoms with van der Waals surface area (Å²) in [4.78, 5) is 17.7. The van der Waals surface area contributed by atoms with Gasteiger partial charge < -0.3 is 4.98 Å². The van der Waals surface area contributed by atoms with E-state index in [4.69, 9.17) is 0 Å². The van der Waals surface area contributed by atoms with Crippen LogP contribution in [0.15, 0.2) is 58.5 Å². The molecule has 0 aliphatic carbocycles. The number of carbonyl (C=O) groups is 1. The summed E-state index contributed by atoms with van der Waals surface area (Å²) in [5, 5.41) is 1.18. The summed E-state index contributed by atoms with van der Waals surface area (Å²) in [7, 11) is 0. The molecule has 4 rings (SSSR count). The number of Topliss-reactive ketones (excluding diaryl/α,β-unsaturated/α-hetero) is 1. The van der Waals surface area contributed by atoms with Crippen LogP contribution in [0.4, 0.5) is 0 Å². The van der Waals surface area contributed by atoms with Crippen molar-refractivity contribution >= 4 is 34.5 Å². The van der Waals surface area contributed by atoms with E-state index in [9.17, 15) is 4.79 Å². The lowest BCUT2D eigenvalue weighted by molar-refractivity contribution is 0.104. The molecular weight excluding hydrogens is 290 g/mol. The number of hydrogen-bond donors (Lipinski definition) is 1. The van der Waals surface area contributed by atoms with Crippen LogP contribution in [-0.4, -0.2) is 10.8 Å². The highest BCUT2D eigenvalue weighted by atomic mass is 32.2. The summed E-state index contributed by atoms with van der Waals surface area (Å²) >= 11 is 1.56. The number of nitrogens with one attached hydrogen (secondary N) is 1. The first-order valence-corrected chi connectivity index (χ1v) is 8.22. The molecule has 0 atom stereocenters. The fourth-order valence-electron chi connectivity index (χ4n) is 2.93. The third kappa shape index (κ3) is 2.01. The summed E-state index contributed by atoms with van der Waals surface area (Å²) in [5.41, 5.74) is 4.36. The highest BCUT2D eigenvalue weighted by Crippen LogP contribution is 2.41. The smallest absolute Gasteiger partial charge is 0.200 e. The van der Waals surface area contributed by atoms with E-state index in [-0.39, 0.29) is 5.78 Å². The second-order valence-corrected chi connectivity index (χ2v) is 6.46. The van der Waals surface area contributed by atoms with Crippen LogP contribution in [0.1, 0.15) is 28.4 Å². The van der Waals surface area contributed by atoms with Crippen LogP contribution < -0.4 is 0 Å². The van der Waals surface area contributed by atoms with Crippen LogP contribution in [0, 0.1) is 0 Å². The zero-order chi connectivity index (χ0) is 15.1. The van der Waals surface area contributed by atoms with Crippen molar-refractivity contribution in [3.05, 3.63) is 70.3 Å². The predicted octanol–water partition coefficient (Wildman–Crippen LogP) is 5.06. The zero-order valence-corrected chi connectivity index (χ0v) is 13.0. The molecule has 0 saturated heterocycles. The van der Waals surface area contributed by atoms with Gasteiger partial charge >= 0.3 is 0 Å². The molecule has 0 saturated carbocycles. The summed E-state index contributed by atoms with van der Waals surface area (Å²) < 4.78 is 0. The van der Waals surface area contributed by atoms with Gasteiger partial charge in [0.25, 0.3) is 0 Å². The first-order valence-electron chi connectivity index (χ1n) is 7.40. The maximum absolute atomic E-state index is 12.5. The second kappa shape index (κ2) is 5.18. The van der Waals surface area contributed by atoms with Crippen molar-refractivity contribution in [1.29, 1.82) is 0 Å². The maximum Gasteiger partial charge on any atom is 0.200 e. The number of rotatable bonds is 2. The lowest BCUT2D eigenvalue weighted by Crippen LogP contribution is -1.93. The van der Waals surface area contributed by atoms with Crippen molar-refractivity contribution in [2.24, 2.45) is 0 Å². The van der Waals surface area contributed by atoms with Crippen molar-refractivity contribution in [3.63, 3.8) is 0 Å². The number of hydrogen-bond acceptors (Lipinski definition) is 2. The molecule has 1 N–H and O–H groups in total. The Morgan fingerprint density at radius 1 is 1.14 bits per heavy atom. The van der Waals surface area contributed by atoms with Crippen molar-refractivity contribution in [2.75, 3.05) is 0 Å². The van der Waals surface area contributed by atoms with Gasteiger partial charge in [0.15, 0.2) is 0 Å². The number of aryl methyl sites for hydroxylation is 1. The van der Waals surface area contributed by atoms with Gasteiger partial charge in [-0.25, -0.2) is 0 Å². The van der Waals surface area contributed by atoms with Crippen LogP contribution in [-0.2, 0) is 6.42 Å². The highest BCUT2D eigenvalue weighted by molar-refractivity contribution is 8.04. The second-order valence-electron chi connectivity index (χ2n) is 5.37. The highest BCUT2D eigenvalue weighted by Gasteiger charge is 2.25. The number of ketones is 1. The molecule has 3 aromatic rings. The summed E-state index contributed by atoms with van der Waals surface area (Å²) in [6.45, 7) is 2.15. The van der Waals surface area contributed by atoms with E-state index in [1.54, 1.807) is 11.8 Å². The molecule has 2 aromatic carbocycles. The number of H-pyrrole nitrogens is 1. The Bertz CT molecular complexity index is 920. The van der Waals surface area contributed by atoms with Crippen LogP contribution in [0.5, 0.6) is 0 Å². The molecule has 0 unspecified atom stereocenters. The molecule has 22 heavy (non-hydrogen) atoms. The molecule has 2 heterocycles. The van der Waals surface area contributed by atoms with E-state index < -0.39 is 0 Å². The Morgan fingerprint density at radius 3 is 2.82 bits per heavy atom. The minimum atomic E-state index is 0.126. The van der Waals surface area contributed by atoms with Gasteiger partial charge in [-0.05, 0) is 30.2 Å². The minimum Gasteiger partial charge on any atom is -0.360 e. The molecule has 1 aliphatic rings. The minimum absolute atomic E-state index is 0.126. The molecule has 0 amide bonds. The zero-order valence-electron chi connectivity index (χ0n) is 12.2. The monoisotopic (exact) mass is 305 g/mol. The number of thioether (sulfide) groups is 1. The van der Waals surface area contributed by atoms with Gasteiger partial charge in [-0.1, -0.05) is 49.0 Å². The van der Waals surface area contributed by atoms with Gasteiger partial charge in [0.2, 0.25) is 5.78 Å². The molecule has 0 spiro atoms. The van der Waals surface area contributed by atoms with E-state index in [0.29, 0.717) is 0 Å². The average molecular weight is 305 g/mol.